The van der Waals surface area contributed by atoms with Gasteiger partial charge in [0.15, 0.2) is 5.96 Å². The molecule has 1 aliphatic rings. The molecule has 1 N–H and O–H groups in total. The molecule has 1 aromatic carbocycles. The first-order valence-corrected chi connectivity index (χ1v) is 9.13. The second-order valence-corrected chi connectivity index (χ2v) is 7.49. The third kappa shape index (κ3) is 6.37. The van der Waals surface area contributed by atoms with Crippen LogP contribution >= 0.6 is 24.0 Å². The minimum Gasteiger partial charge on any atom is -0.487 e. The Bertz CT molecular complexity index is 732. The highest BCUT2D eigenvalue weighted by Crippen LogP contribution is 2.28. The Kier molecular flexibility index (Phi) is 7.89. The number of rotatable bonds is 5. The molecular weight excluding hydrogens is 451 g/mol. The summed E-state index contributed by atoms with van der Waals surface area (Å²) in [6.07, 6.45) is 2.98. The van der Waals surface area contributed by atoms with Crippen LogP contribution in [0.4, 0.5) is 0 Å². The zero-order chi connectivity index (χ0) is 18.4. The van der Waals surface area contributed by atoms with Crippen LogP contribution in [0.15, 0.2) is 53.7 Å². The molecule has 0 unspecified atom stereocenters. The zero-order valence-corrected chi connectivity index (χ0v) is 18.6. The fourth-order valence-corrected chi connectivity index (χ4v) is 3.15. The van der Waals surface area contributed by atoms with E-state index in [9.17, 15) is 0 Å². The van der Waals surface area contributed by atoms with Gasteiger partial charge >= 0.3 is 0 Å². The molecule has 0 bridgehead atoms. The van der Waals surface area contributed by atoms with Crippen molar-refractivity contribution in [3.63, 3.8) is 0 Å². The van der Waals surface area contributed by atoms with Crippen LogP contribution in [0, 0.1) is 5.41 Å². The number of aliphatic imine (C=N–C) groups is 1. The van der Waals surface area contributed by atoms with E-state index < -0.39 is 0 Å². The molecule has 5 nitrogen and oxygen atoms in total. The Labute approximate surface area is 179 Å². The molecule has 2 aromatic rings. The fraction of sp³-hybridized carbons (Fsp3) is 0.429. The lowest BCUT2D eigenvalue weighted by Crippen LogP contribution is -2.40. The van der Waals surface area contributed by atoms with Gasteiger partial charge < -0.3 is 15.0 Å². The van der Waals surface area contributed by atoms with Crippen LogP contribution in [0.3, 0.4) is 0 Å². The molecule has 0 saturated carbocycles. The largest absolute Gasteiger partial charge is 0.487 e. The number of hydrogen-bond donors (Lipinski definition) is 1. The molecular formula is C21H29IN4O. The molecule has 3 rings (SSSR count). The SMILES string of the molecule is CN=C(NCc1ccc(OCc2ccccn2)cc1)N1CCC(C)(C)C1.I. The summed E-state index contributed by atoms with van der Waals surface area (Å²) < 4.78 is 5.78. The predicted octanol–water partition coefficient (Wildman–Crippen LogP) is 4.09. The highest BCUT2D eigenvalue weighted by molar-refractivity contribution is 14.0. The number of halogens is 1. The first-order chi connectivity index (χ1) is 12.6. The van der Waals surface area contributed by atoms with Crippen molar-refractivity contribution in [1.82, 2.24) is 15.2 Å². The van der Waals surface area contributed by atoms with E-state index >= 15 is 0 Å². The summed E-state index contributed by atoms with van der Waals surface area (Å²) in [5.41, 5.74) is 2.50. The molecule has 0 aliphatic carbocycles. The van der Waals surface area contributed by atoms with Crippen molar-refractivity contribution >= 4 is 29.9 Å². The van der Waals surface area contributed by atoms with Crippen LogP contribution in [-0.2, 0) is 13.2 Å². The van der Waals surface area contributed by atoms with Gasteiger partial charge in [0, 0.05) is 32.9 Å². The topological polar surface area (TPSA) is 49.8 Å². The van der Waals surface area contributed by atoms with Crippen molar-refractivity contribution in [1.29, 1.82) is 0 Å². The van der Waals surface area contributed by atoms with E-state index in [2.05, 4.69) is 46.2 Å². The van der Waals surface area contributed by atoms with Crippen molar-refractivity contribution in [3.8, 4) is 5.75 Å². The number of likely N-dealkylation sites (tertiary alicyclic amines) is 1. The first-order valence-electron chi connectivity index (χ1n) is 9.13. The molecule has 0 spiro atoms. The van der Waals surface area contributed by atoms with E-state index in [1.165, 1.54) is 12.0 Å². The molecule has 2 heterocycles. The van der Waals surface area contributed by atoms with Gasteiger partial charge in [0.25, 0.3) is 0 Å². The van der Waals surface area contributed by atoms with Crippen molar-refractivity contribution < 1.29 is 4.74 Å². The minimum absolute atomic E-state index is 0. The predicted molar refractivity (Wildman–Crippen MR) is 121 cm³/mol. The summed E-state index contributed by atoms with van der Waals surface area (Å²) in [5, 5.41) is 3.47. The van der Waals surface area contributed by atoms with Gasteiger partial charge in [-0.25, -0.2) is 0 Å². The van der Waals surface area contributed by atoms with Crippen LogP contribution in [0.5, 0.6) is 5.75 Å². The van der Waals surface area contributed by atoms with Gasteiger partial charge in [-0.15, -0.1) is 24.0 Å². The average Bonchev–Trinajstić information content (AvgIpc) is 3.02. The number of hydrogen-bond acceptors (Lipinski definition) is 3. The van der Waals surface area contributed by atoms with Gasteiger partial charge in [0.1, 0.15) is 12.4 Å². The summed E-state index contributed by atoms with van der Waals surface area (Å²) in [6.45, 7) is 7.97. The third-order valence-electron chi connectivity index (χ3n) is 4.68. The number of pyridine rings is 1. The maximum absolute atomic E-state index is 5.78. The Morgan fingerprint density at radius 2 is 2.00 bits per heavy atom. The average molecular weight is 480 g/mol. The number of nitrogens with zero attached hydrogens (tertiary/aromatic N) is 3. The summed E-state index contributed by atoms with van der Waals surface area (Å²) in [6, 6.07) is 14.0. The Morgan fingerprint density at radius 3 is 2.59 bits per heavy atom. The number of aromatic nitrogens is 1. The van der Waals surface area contributed by atoms with Crippen molar-refractivity contribution in [2.45, 2.75) is 33.4 Å². The zero-order valence-electron chi connectivity index (χ0n) is 16.3. The van der Waals surface area contributed by atoms with Crippen LogP contribution in [0.25, 0.3) is 0 Å². The molecule has 0 radical (unpaired) electrons. The molecule has 1 aliphatic heterocycles. The van der Waals surface area contributed by atoms with E-state index in [-0.39, 0.29) is 24.0 Å². The number of guanidine groups is 1. The van der Waals surface area contributed by atoms with Gasteiger partial charge in [-0.2, -0.15) is 0 Å². The third-order valence-corrected chi connectivity index (χ3v) is 4.68. The first kappa shape index (κ1) is 21.5. The van der Waals surface area contributed by atoms with Gasteiger partial charge in [0.2, 0.25) is 0 Å². The Balaban J connectivity index is 0.00000261. The van der Waals surface area contributed by atoms with Crippen LogP contribution < -0.4 is 10.1 Å². The molecule has 6 heteroatoms. The van der Waals surface area contributed by atoms with Gasteiger partial charge in [-0.3, -0.25) is 9.98 Å². The summed E-state index contributed by atoms with van der Waals surface area (Å²) in [7, 11) is 1.85. The summed E-state index contributed by atoms with van der Waals surface area (Å²) in [4.78, 5) is 11.0. The highest BCUT2D eigenvalue weighted by Gasteiger charge is 2.30. The number of benzene rings is 1. The monoisotopic (exact) mass is 480 g/mol. The van der Waals surface area contributed by atoms with Gasteiger partial charge in [-0.05, 0) is 41.7 Å². The number of ether oxygens (including phenoxy) is 1. The second kappa shape index (κ2) is 9.92. The van der Waals surface area contributed by atoms with E-state index in [1.54, 1.807) is 6.20 Å². The normalized spacial score (nSPS) is 16.0. The lowest BCUT2D eigenvalue weighted by molar-refractivity contribution is 0.301. The van der Waals surface area contributed by atoms with E-state index in [0.29, 0.717) is 12.0 Å². The van der Waals surface area contributed by atoms with E-state index in [0.717, 1.165) is 37.0 Å². The smallest absolute Gasteiger partial charge is 0.193 e. The maximum Gasteiger partial charge on any atom is 0.193 e. The Morgan fingerprint density at radius 1 is 1.22 bits per heavy atom. The van der Waals surface area contributed by atoms with Crippen LogP contribution in [-0.4, -0.2) is 36.0 Å². The van der Waals surface area contributed by atoms with E-state index in [1.807, 2.05) is 37.4 Å². The van der Waals surface area contributed by atoms with Crippen molar-refractivity contribution in [2.75, 3.05) is 20.1 Å². The lowest BCUT2D eigenvalue weighted by atomic mass is 9.93. The Hall–Kier alpha value is -1.83. The van der Waals surface area contributed by atoms with Crippen molar-refractivity contribution in [3.05, 3.63) is 59.9 Å². The molecule has 0 amide bonds. The molecule has 27 heavy (non-hydrogen) atoms. The van der Waals surface area contributed by atoms with Crippen LogP contribution in [0.1, 0.15) is 31.5 Å². The molecule has 1 fully saturated rings. The maximum atomic E-state index is 5.78. The standard InChI is InChI=1S/C21H28N4O.HI/c1-21(2)11-13-25(16-21)20(22-3)24-14-17-7-9-19(10-8-17)26-15-18-6-4-5-12-23-18;/h4-10,12H,11,13-16H2,1-3H3,(H,22,24);1H. The van der Waals surface area contributed by atoms with E-state index in [4.69, 9.17) is 4.74 Å². The molecule has 1 saturated heterocycles. The molecule has 146 valence electrons. The highest BCUT2D eigenvalue weighted by atomic mass is 127. The number of nitrogens with one attached hydrogen (secondary N) is 1. The molecule has 0 atom stereocenters. The minimum atomic E-state index is 0. The summed E-state index contributed by atoms with van der Waals surface area (Å²) >= 11 is 0. The van der Waals surface area contributed by atoms with Crippen molar-refractivity contribution in [2.24, 2.45) is 10.4 Å². The quantitative estimate of drug-likeness (QED) is 0.398. The van der Waals surface area contributed by atoms with Gasteiger partial charge in [-0.1, -0.05) is 32.0 Å². The van der Waals surface area contributed by atoms with Crippen LogP contribution in [0.2, 0.25) is 0 Å². The van der Waals surface area contributed by atoms with Gasteiger partial charge in [0.05, 0.1) is 5.69 Å². The second-order valence-electron chi connectivity index (χ2n) is 7.49. The molecule has 1 aromatic heterocycles. The summed E-state index contributed by atoms with van der Waals surface area (Å²) in [5.74, 6) is 1.83. The fourth-order valence-electron chi connectivity index (χ4n) is 3.15. The lowest BCUT2D eigenvalue weighted by Gasteiger charge is -2.23.